The highest BCUT2D eigenvalue weighted by Crippen LogP contribution is 2.46. The molecule has 0 saturated heterocycles. The minimum absolute atomic E-state index is 1.09. The molecule has 2 aliphatic carbocycles. The Kier molecular flexibility index (Phi) is 24.6. The van der Waals surface area contributed by atoms with Gasteiger partial charge in [-0.05, 0) is 286 Å². The second kappa shape index (κ2) is 38.3. The van der Waals surface area contributed by atoms with Crippen molar-refractivity contribution in [3.8, 4) is 111 Å². The lowest BCUT2D eigenvalue weighted by molar-refractivity contribution is 0.986. The number of benzene rings is 17. The molecular weight excluding hydrogens is 1490 g/mol. The van der Waals surface area contributed by atoms with E-state index in [4.69, 9.17) is 0 Å². The van der Waals surface area contributed by atoms with Gasteiger partial charge in [0.15, 0.2) is 0 Å². The van der Waals surface area contributed by atoms with E-state index in [1.165, 1.54) is 150 Å². The molecule has 0 fully saturated rings. The Morgan fingerprint density at radius 1 is 0.210 bits per heavy atom. The van der Waals surface area contributed by atoms with Crippen molar-refractivity contribution in [2.24, 2.45) is 0 Å². The number of hydrogen-bond acceptors (Lipinski definition) is 2. The standard InChI is InChI=1S/C60H47N.C56H43N.C6H6/c1-3-16-52-41-54(24-23-44(52)2)48-31-35-56(36-32-48)61(57-37-33-49(34-38-57)55-30-27-46-19-14-15-22-53(46)42-55)58-39-40-59(60(43-58)50-20-12-9-13-21-50)51-28-25-47(26-29-51)45-17-10-7-5-4-6-8-11-18-45;1-3-11-40(12-4-1)43-19-23-47(24-20-43)56-39-54(35-36-55(56)46-15-5-2-6-16-46)57(52-31-27-44(28-32-52)50-25-21-41-13-7-9-17-48(41)37-50)53-33-29-45(30-34-53)51-26-22-42-14-8-10-18-49(42)38-51;1-2-4-6-5-3-1/h3-43H,1-2H3;1-7,10-13,15-16,18-39H,8-9,14,17H2;1-6H/b5-4?,6-4?,7-5?,8-6?,10-7?,11-8?,16-3-,17-10?,18-11?,45-17?,45-18?;;. The van der Waals surface area contributed by atoms with E-state index in [0.717, 1.165) is 65.4 Å². The van der Waals surface area contributed by atoms with Crippen LogP contribution < -0.4 is 9.80 Å². The van der Waals surface area contributed by atoms with Gasteiger partial charge in [0.2, 0.25) is 0 Å². The van der Waals surface area contributed by atoms with Crippen molar-refractivity contribution in [2.75, 3.05) is 9.80 Å². The number of nitrogens with zero attached hydrogens (tertiary/aromatic N) is 2. The average molecular weight is 1590 g/mol. The zero-order valence-corrected chi connectivity index (χ0v) is 70.1. The van der Waals surface area contributed by atoms with Gasteiger partial charge < -0.3 is 9.80 Å². The van der Waals surface area contributed by atoms with Crippen molar-refractivity contribution in [1.82, 2.24) is 0 Å². The molecule has 0 unspecified atom stereocenters. The van der Waals surface area contributed by atoms with E-state index in [2.05, 4.69) is 467 Å². The summed E-state index contributed by atoms with van der Waals surface area (Å²) in [6.45, 7) is 4.24. The first-order valence-corrected chi connectivity index (χ1v) is 43.2. The van der Waals surface area contributed by atoms with Crippen LogP contribution in [0.5, 0.6) is 0 Å². The Morgan fingerprint density at radius 3 is 0.992 bits per heavy atom. The summed E-state index contributed by atoms with van der Waals surface area (Å²) in [5.41, 5.74) is 38.7. The van der Waals surface area contributed by atoms with Gasteiger partial charge in [-0.15, -0.1) is 0 Å². The van der Waals surface area contributed by atoms with E-state index >= 15 is 0 Å². The molecule has 2 aliphatic rings. The SMILES string of the molecule is C/C=C\c1cc(-c2ccc(N(c3ccc(-c4ccc5ccccc5c4)cc3)c3ccc(-c4ccc(-c5ccccccccc5)cc4)c(-c4ccccc4)c3)cc2)ccc1C.C1=Cc2cc(-c3ccc(N(c4ccc(-c5ccc6c(c5)CCC=C6)cc4)c4ccc(-c5ccccc5)c(-c5ccc(-c6ccccc6)cc5)c4)cc3)ccc2CC1.c1ccccc1. The molecule has 0 N–H and O–H groups in total. The Morgan fingerprint density at radius 2 is 0.516 bits per heavy atom. The van der Waals surface area contributed by atoms with Gasteiger partial charge in [-0.2, -0.15) is 0 Å². The topological polar surface area (TPSA) is 6.48 Å². The molecule has 0 aliphatic heterocycles. The van der Waals surface area contributed by atoms with Gasteiger partial charge in [-0.25, -0.2) is 0 Å². The molecule has 18 aromatic carbocycles. The van der Waals surface area contributed by atoms with E-state index < -0.39 is 0 Å². The molecule has 18 aromatic rings. The van der Waals surface area contributed by atoms with Crippen molar-refractivity contribution in [3.05, 3.63) is 513 Å². The predicted molar refractivity (Wildman–Crippen MR) is 532 cm³/mol. The zero-order chi connectivity index (χ0) is 83.6. The molecular formula is C122H96N2. The van der Waals surface area contributed by atoms with Gasteiger partial charge in [-0.3, -0.25) is 0 Å². The lowest BCUT2D eigenvalue weighted by atomic mass is 9.92. The molecule has 20 rings (SSSR count). The van der Waals surface area contributed by atoms with Crippen LogP contribution in [0.1, 0.15) is 53.1 Å². The fourth-order valence-electron chi connectivity index (χ4n) is 17.0. The van der Waals surface area contributed by atoms with Crippen LogP contribution in [0.25, 0.3) is 140 Å². The van der Waals surface area contributed by atoms with Crippen LogP contribution in [0.15, 0.2) is 479 Å². The van der Waals surface area contributed by atoms with Crippen molar-refractivity contribution >= 4 is 63.1 Å². The Balaban J connectivity index is 0.000000158. The predicted octanol–water partition coefficient (Wildman–Crippen LogP) is 34.2. The molecule has 0 saturated carbocycles. The Hall–Kier alpha value is -15.5. The van der Waals surface area contributed by atoms with Crippen molar-refractivity contribution in [1.29, 1.82) is 0 Å². The highest BCUT2D eigenvalue weighted by molar-refractivity contribution is 5.94. The molecule has 2 heteroatoms. The number of fused-ring (bicyclic) bond motifs is 3. The Labute approximate surface area is 731 Å². The number of aryl methyl sites for hydroxylation is 3. The monoisotopic (exact) mass is 1590 g/mol. The lowest BCUT2D eigenvalue weighted by Crippen LogP contribution is -2.10. The molecule has 0 radical (unpaired) electrons. The van der Waals surface area contributed by atoms with E-state index in [9.17, 15) is 0 Å². The fraction of sp³-hybridized carbons (Fsp3) is 0.0492. The molecule has 0 amide bonds. The number of hydrogen-bond donors (Lipinski definition) is 0. The van der Waals surface area contributed by atoms with Crippen LogP contribution >= 0.6 is 0 Å². The van der Waals surface area contributed by atoms with Crippen molar-refractivity contribution < 1.29 is 0 Å². The summed E-state index contributed by atoms with van der Waals surface area (Å²) < 4.78 is 0. The van der Waals surface area contributed by atoms with Gasteiger partial charge in [0.1, 0.15) is 0 Å². The summed E-state index contributed by atoms with van der Waals surface area (Å²) in [4.78, 5) is 4.78. The molecule has 0 aromatic heterocycles. The number of anilines is 6. The maximum absolute atomic E-state index is 2.40. The maximum atomic E-state index is 2.40. The third-order valence-corrected chi connectivity index (χ3v) is 23.7. The highest BCUT2D eigenvalue weighted by atomic mass is 15.1. The third-order valence-electron chi connectivity index (χ3n) is 23.7. The van der Waals surface area contributed by atoms with Crippen LogP contribution in [-0.4, -0.2) is 0 Å². The summed E-state index contributed by atoms with van der Waals surface area (Å²) in [5, 5.41) is 2.49. The van der Waals surface area contributed by atoms with Gasteiger partial charge in [0.05, 0.1) is 0 Å². The van der Waals surface area contributed by atoms with E-state index in [-0.39, 0.29) is 0 Å². The summed E-state index contributed by atoms with van der Waals surface area (Å²) in [7, 11) is 0. The average Bonchev–Trinajstić information content (AvgIpc) is 0.775. The fourth-order valence-corrected chi connectivity index (χ4v) is 17.0. The Bertz CT molecular complexity index is 6800. The third kappa shape index (κ3) is 18.6. The molecule has 124 heavy (non-hydrogen) atoms. The molecule has 594 valence electrons. The maximum Gasteiger partial charge on any atom is 0.0468 e. The minimum Gasteiger partial charge on any atom is -0.310 e. The molecule has 0 atom stereocenters. The lowest BCUT2D eigenvalue weighted by Gasteiger charge is -2.27. The summed E-state index contributed by atoms with van der Waals surface area (Å²) in [6, 6.07) is 167. The second-order valence-electron chi connectivity index (χ2n) is 31.7. The second-order valence-corrected chi connectivity index (χ2v) is 31.7. The minimum atomic E-state index is 1.09. The van der Waals surface area contributed by atoms with Crippen molar-refractivity contribution in [3.63, 3.8) is 0 Å². The van der Waals surface area contributed by atoms with Gasteiger partial charge in [0.25, 0.3) is 0 Å². The van der Waals surface area contributed by atoms with E-state index in [0.29, 0.717) is 0 Å². The van der Waals surface area contributed by atoms with Crippen LogP contribution in [0.3, 0.4) is 0 Å². The summed E-state index contributed by atoms with van der Waals surface area (Å²) >= 11 is 0. The highest BCUT2D eigenvalue weighted by Gasteiger charge is 2.22. The smallest absolute Gasteiger partial charge is 0.0468 e. The molecule has 0 spiro atoms. The van der Waals surface area contributed by atoms with Gasteiger partial charge in [0, 0.05) is 34.1 Å². The van der Waals surface area contributed by atoms with E-state index in [1.807, 2.05) is 54.6 Å². The van der Waals surface area contributed by atoms with E-state index in [1.54, 1.807) is 0 Å². The first-order chi connectivity index (χ1) is 61.3. The normalized spacial score (nSPS) is 11.7. The van der Waals surface area contributed by atoms with Crippen LogP contribution in [-0.2, 0) is 12.8 Å². The van der Waals surface area contributed by atoms with Gasteiger partial charge in [-0.1, -0.05) is 407 Å². The molecule has 0 heterocycles. The first-order valence-electron chi connectivity index (χ1n) is 43.2. The van der Waals surface area contributed by atoms with Crippen LogP contribution in [0.2, 0.25) is 0 Å². The summed E-state index contributed by atoms with van der Waals surface area (Å²) in [5.74, 6) is 0. The number of allylic oxidation sites excluding steroid dienone is 3. The largest absolute Gasteiger partial charge is 0.310 e. The van der Waals surface area contributed by atoms with Crippen molar-refractivity contribution in [2.45, 2.75) is 39.5 Å². The number of rotatable bonds is 17. The summed E-state index contributed by atoms with van der Waals surface area (Å²) in [6.07, 6.45) is 17.8. The molecule has 2 nitrogen and oxygen atoms in total. The first kappa shape index (κ1) is 79.6. The molecule has 0 bridgehead atoms. The zero-order valence-electron chi connectivity index (χ0n) is 70.1. The quantitative estimate of drug-likeness (QED) is 0.0896. The van der Waals surface area contributed by atoms with Crippen LogP contribution in [0, 0.1) is 6.92 Å². The van der Waals surface area contributed by atoms with Crippen LogP contribution in [0.4, 0.5) is 34.1 Å². The van der Waals surface area contributed by atoms with Gasteiger partial charge >= 0.3 is 0 Å².